The van der Waals surface area contributed by atoms with Crippen LogP contribution in [-0.2, 0) is 9.59 Å². The van der Waals surface area contributed by atoms with Crippen molar-refractivity contribution in [2.75, 3.05) is 52.4 Å². The molecule has 0 aromatic carbocycles. The first kappa shape index (κ1) is 19.2. The molecule has 0 bridgehead atoms. The smallest absolute Gasteiger partial charge is 0.225 e. The second-order valence-electron chi connectivity index (χ2n) is 8.15. The summed E-state index contributed by atoms with van der Waals surface area (Å²) in [5, 5.41) is 6.36. The first-order chi connectivity index (χ1) is 11.4. The summed E-state index contributed by atoms with van der Waals surface area (Å²) in [7, 11) is 0. The van der Waals surface area contributed by atoms with Crippen molar-refractivity contribution < 1.29 is 9.59 Å². The van der Waals surface area contributed by atoms with E-state index >= 15 is 0 Å². The monoisotopic (exact) mass is 338 g/mol. The largest absolute Gasteiger partial charge is 0.355 e. The summed E-state index contributed by atoms with van der Waals surface area (Å²) in [6, 6.07) is 0. The molecule has 0 aromatic heterocycles. The molecule has 2 rings (SSSR count). The van der Waals surface area contributed by atoms with Crippen LogP contribution in [0.5, 0.6) is 0 Å². The minimum atomic E-state index is -0.329. The standard InChI is InChI=1S/C18H34N4O2/c1-18(2,3)17(24)20-13-15-5-4-9-21(14-15)10-6-16(23)22-11-7-19-8-12-22/h15,19H,4-14H2,1-3H3,(H,20,24). The number of nitrogens with zero attached hydrogens (tertiary/aromatic N) is 2. The number of hydrogen-bond donors (Lipinski definition) is 2. The van der Waals surface area contributed by atoms with Gasteiger partial charge in [0.05, 0.1) is 0 Å². The number of nitrogens with one attached hydrogen (secondary N) is 2. The average Bonchev–Trinajstić information content (AvgIpc) is 2.58. The molecule has 0 spiro atoms. The van der Waals surface area contributed by atoms with Crippen LogP contribution in [0.1, 0.15) is 40.0 Å². The number of piperazine rings is 1. The number of amides is 2. The molecule has 138 valence electrons. The lowest BCUT2D eigenvalue weighted by Gasteiger charge is -2.34. The molecule has 6 nitrogen and oxygen atoms in total. The molecule has 2 N–H and O–H groups in total. The van der Waals surface area contributed by atoms with Gasteiger partial charge in [-0.1, -0.05) is 20.8 Å². The molecule has 6 heteroatoms. The lowest BCUT2D eigenvalue weighted by Crippen LogP contribution is -2.48. The maximum Gasteiger partial charge on any atom is 0.225 e. The van der Waals surface area contributed by atoms with Crippen LogP contribution in [0.15, 0.2) is 0 Å². The summed E-state index contributed by atoms with van der Waals surface area (Å²) in [5.41, 5.74) is -0.329. The Balaban J connectivity index is 1.68. The molecule has 2 fully saturated rings. The van der Waals surface area contributed by atoms with E-state index in [1.807, 2.05) is 25.7 Å². The highest BCUT2D eigenvalue weighted by atomic mass is 16.2. The summed E-state index contributed by atoms with van der Waals surface area (Å²) >= 11 is 0. The second-order valence-corrected chi connectivity index (χ2v) is 8.15. The fraction of sp³-hybridized carbons (Fsp3) is 0.889. The van der Waals surface area contributed by atoms with Crippen molar-refractivity contribution in [1.82, 2.24) is 20.4 Å². The van der Waals surface area contributed by atoms with E-state index in [4.69, 9.17) is 0 Å². The molecular formula is C18H34N4O2. The van der Waals surface area contributed by atoms with E-state index in [9.17, 15) is 9.59 Å². The van der Waals surface area contributed by atoms with Crippen molar-refractivity contribution in [2.24, 2.45) is 11.3 Å². The third-order valence-electron chi connectivity index (χ3n) is 4.95. The van der Waals surface area contributed by atoms with Crippen molar-refractivity contribution in [2.45, 2.75) is 40.0 Å². The third-order valence-corrected chi connectivity index (χ3v) is 4.95. The zero-order chi connectivity index (χ0) is 17.6. The van der Waals surface area contributed by atoms with Gasteiger partial charge in [-0.3, -0.25) is 9.59 Å². The average molecular weight is 338 g/mol. The van der Waals surface area contributed by atoms with Crippen molar-refractivity contribution in [3.63, 3.8) is 0 Å². The van der Waals surface area contributed by atoms with Gasteiger partial charge in [0.15, 0.2) is 0 Å². The summed E-state index contributed by atoms with van der Waals surface area (Å²) in [5.74, 6) is 0.896. The molecule has 0 aliphatic carbocycles. The highest BCUT2D eigenvalue weighted by molar-refractivity contribution is 5.81. The molecule has 2 saturated heterocycles. The minimum Gasteiger partial charge on any atom is -0.355 e. The van der Waals surface area contributed by atoms with Crippen molar-refractivity contribution in [3.05, 3.63) is 0 Å². The van der Waals surface area contributed by atoms with Crippen LogP contribution in [0.25, 0.3) is 0 Å². The second kappa shape index (κ2) is 8.81. The van der Waals surface area contributed by atoms with Crippen LogP contribution in [0.2, 0.25) is 0 Å². The normalized spacial score (nSPS) is 23.1. The predicted octanol–water partition coefficient (Wildman–Crippen LogP) is 0.683. The van der Waals surface area contributed by atoms with Crippen LogP contribution >= 0.6 is 0 Å². The van der Waals surface area contributed by atoms with Gasteiger partial charge in [-0.15, -0.1) is 0 Å². The van der Waals surface area contributed by atoms with Crippen molar-refractivity contribution in [1.29, 1.82) is 0 Å². The van der Waals surface area contributed by atoms with Gasteiger partial charge >= 0.3 is 0 Å². The fourth-order valence-electron chi connectivity index (χ4n) is 3.35. The highest BCUT2D eigenvalue weighted by Crippen LogP contribution is 2.18. The Hall–Kier alpha value is -1.14. The number of carbonyl (C=O) groups excluding carboxylic acids is 2. The van der Waals surface area contributed by atoms with Gasteiger partial charge in [-0.2, -0.15) is 0 Å². The zero-order valence-electron chi connectivity index (χ0n) is 15.6. The lowest BCUT2D eigenvalue weighted by molar-refractivity contribution is -0.132. The first-order valence-corrected chi connectivity index (χ1v) is 9.35. The maximum absolute atomic E-state index is 12.3. The summed E-state index contributed by atoms with van der Waals surface area (Å²) < 4.78 is 0. The Morgan fingerprint density at radius 2 is 1.88 bits per heavy atom. The molecule has 2 heterocycles. The summed E-state index contributed by atoms with van der Waals surface area (Å²) in [4.78, 5) is 28.6. The molecule has 0 aromatic rings. The highest BCUT2D eigenvalue weighted by Gasteiger charge is 2.25. The van der Waals surface area contributed by atoms with E-state index in [1.165, 1.54) is 0 Å². The Bertz CT molecular complexity index is 427. The van der Waals surface area contributed by atoms with Crippen LogP contribution in [0, 0.1) is 11.3 Å². The van der Waals surface area contributed by atoms with Gasteiger partial charge in [0.2, 0.25) is 11.8 Å². The van der Waals surface area contributed by atoms with E-state index in [1.54, 1.807) is 0 Å². The number of carbonyl (C=O) groups is 2. The SMILES string of the molecule is CC(C)(C)C(=O)NCC1CCCN(CCC(=O)N2CCNCC2)C1. The van der Waals surface area contributed by atoms with E-state index in [-0.39, 0.29) is 17.2 Å². The molecule has 2 aliphatic heterocycles. The van der Waals surface area contributed by atoms with Crippen LogP contribution in [0.4, 0.5) is 0 Å². The van der Waals surface area contributed by atoms with Crippen molar-refractivity contribution >= 4 is 11.8 Å². The number of rotatable bonds is 5. The molecule has 2 aliphatic rings. The van der Waals surface area contributed by atoms with E-state index in [0.29, 0.717) is 12.3 Å². The van der Waals surface area contributed by atoms with Gasteiger partial charge in [0.25, 0.3) is 0 Å². The van der Waals surface area contributed by atoms with Crippen LogP contribution < -0.4 is 10.6 Å². The third kappa shape index (κ3) is 6.06. The molecule has 1 atom stereocenters. The van der Waals surface area contributed by atoms with Crippen LogP contribution in [-0.4, -0.2) is 74.0 Å². The first-order valence-electron chi connectivity index (χ1n) is 9.35. The van der Waals surface area contributed by atoms with Gasteiger partial charge in [-0.25, -0.2) is 0 Å². The zero-order valence-corrected chi connectivity index (χ0v) is 15.6. The number of likely N-dealkylation sites (tertiary alicyclic amines) is 1. The molecule has 1 unspecified atom stereocenters. The van der Waals surface area contributed by atoms with Gasteiger partial charge in [-0.05, 0) is 25.3 Å². The molecule has 0 radical (unpaired) electrons. The van der Waals surface area contributed by atoms with Crippen molar-refractivity contribution in [3.8, 4) is 0 Å². The summed E-state index contributed by atoms with van der Waals surface area (Å²) in [6.07, 6.45) is 2.92. The van der Waals surface area contributed by atoms with Gasteiger partial charge in [0.1, 0.15) is 0 Å². The maximum atomic E-state index is 12.3. The number of hydrogen-bond acceptors (Lipinski definition) is 4. The Labute approximate surface area is 146 Å². The lowest BCUT2D eigenvalue weighted by atomic mass is 9.94. The molecule has 24 heavy (non-hydrogen) atoms. The quantitative estimate of drug-likeness (QED) is 0.774. The fourth-order valence-corrected chi connectivity index (χ4v) is 3.35. The Kier molecular flexibility index (Phi) is 7.04. The van der Waals surface area contributed by atoms with Gasteiger partial charge in [0, 0.05) is 57.6 Å². The minimum absolute atomic E-state index is 0.119. The molecular weight excluding hydrogens is 304 g/mol. The van der Waals surface area contributed by atoms with E-state index in [2.05, 4.69) is 15.5 Å². The molecule has 2 amide bonds. The van der Waals surface area contributed by atoms with Gasteiger partial charge < -0.3 is 20.4 Å². The summed E-state index contributed by atoms with van der Waals surface area (Å²) in [6.45, 7) is 12.9. The number of piperidine rings is 1. The predicted molar refractivity (Wildman–Crippen MR) is 95.7 cm³/mol. The Morgan fingerprint density at radius 1 is 1.17 bits per heavy atom. The molecule has 0 saturated carbocycles. The van der Waals surface area contributed by atoms with Crippen LogP contribution in [0.3, 0.4) is 0 Å². The topological polar surface area (TPSA) is 64.7 Å². The van der Waals surface area contributed by atoms with E-state index in [0.717, 1.165) is 65.2 Å². The van der Waals surface area contributed by atoms with E-state index < -0.39 is 0 Å². The Morgan fingerprint density at radius 3 is 2.54 bits per heavy atom.